The lowest BCUT2D eigenvalue weighted by atomic mass is 10.0. The number of nitrogens with one attached hydrogen (secondary N) is 1. The van der Waals surface area contributed by atoms with Crippen molar-refractivity contribution in [3.05, 3.63) is 35.4 Å². The quantitative estimate of drug-likeness (QED) is 0.783. The molecule has 1 heterocycles. The van der Waals surface area contributed by atoms with E-state index in [1.165, 1.54) is 0 Å². The first-order valence-electron chi connectivity index (χ1n) is 6.97. The van der Waals surface area contributed by atoms with Crippen LogP contribution in [0, 0.1) is 11.8 Å². The highest BCUT2D eigenvalue weighted by Crippen LogP contribution is 2.10. The van der Waals surface area contributed by atoms with Gasteiger partial charge in [0, 0.05) is 17.2 Å². The molecule has 0 aromatic heterocycles. The van der Waals surface area contributed by atoms with Gasteiger partial charge in [-0.05, 0) is 51.2 Å². The van der Waals surface area contributed by atoms with Crippen molar-refractivity contribution >= 4 is 5.91 Å². The van der Waals surface area contributed by atoms with E-state index in [-0.39, 0.29) is 11.9 Å². The molecule has 1 saturated heterocycles. The number of piperidine rings is 1. The lowest BCUT2D eigenvalue weighted by Gasteiger charge is -2.29. The molecule has 1 aromatic carbocycles. The SMILES string of the molecule is CN1CCC(NC(=O)c2cccc(C#CCN)c2)CC1. The predicted octanol–water partition coefficient (Wildman–Crippen LogP) is 0.821. The van der Waals surface area contributed by atoms with Crippen LogP contribution in [0.2, 0.25) is 0 Å². The second-order valence-electron chi connectivity index (χ2n) is 5.14. The summed E-state index contributed by atoms with van der Waals surface area (Å²) in [5.74, 6) is 5.73. The third kappa shape index (κ3) is 4.09. The van der Waals surface area contributed by atoms with Gasteiger partial charge in [-0.3, -0.25) is 4.79 Å². The molecule has 4 heteroatoms. The summed E-state index contributed by atoms with van der Waals surface area (Å²) < 4.78 is 0. The zero-order chi connectivity index (χ0) is 14.4. The molecule has 0 spiro atoms. The van der Waals surface area contributed by atoms with Crippen LogP contribution in [0.25, 0.3) is 0 Å². The molecule has 0 bridgehead atoms. The Labute approximate surface area is 120 Å². The number of carbonyl (C=O) groups excluding carboxylic acids is 1. The van der Waals surface area contributed by atoms with Gasteiger partial charge in [-0.25, -0.2) is 0 Å². The number of hydrogen-bond donors (Lipinski definition) is 2. The molecule has 1 aliphatic heterocycles. The Morgan fingerprint density at radius 3 is 2.90 bits per heavy atom. The third-order valence-corrected chi connectivity index (χ3v) is 3.51. The number of benzene rings is 1. The molecule has 0 aliphatic carbocycles. The van der Waals surface area contributed by atoms with E-state index < -0.39 is 0 Å². The zero-order valence-electron chi connectivity index (χ0n) is 11.9. The van der Waals surface area contributed by atoms with E-state index in [4.69, 9.17) is 5.73 Å². The van der Waals surface area contributed by atoms with E-state index >= 15 is 0 Å². The zero-order valence-corrected chi connectivity index (χ0v) is 11.9. The van der Waals surface area contributed by atoms with E-state index in [2.05, 4.69) is 29.1 Å². The number of rotatable bonds is 2. The Balaban J connectivity index is 1.98. The molecule has 4 nitrogen and oxygen atoms in total. The van der Waals surface area contributed by atoms with Crippen LogP contribution in [-0.2, 0) is 0 Å². The van der Waals surface area contributed by atoms with E-state index in [1.807, 2.05) is 24.3 Å². The average Bonchev–Trinajstić information content (AvgIpc) is 2.48. The minimum Gasteiger partial charge on any atom is -0.349 e. The van der Waals surface area contributed by atoms with Crippen molar-refractivity contribution in [2.45, 2.75) is 18.9 Å². The van der Waals surface area contributed by atoms with Gasteiger partial charge in [-0.2, -0.15) is 0 Å². The molecule has 106 valence electrons. The second kappa shape index (κ2) is 7.09. The van der Waals surface area contributed by atoms with Gasteiger partial charge in [0.05, 0.1) is 6.54 Å². The van der Waals surface area contributed by atoms with Gasteiger partial charge in [0.1, 0.15) is 0 Å². The minimum absolute atomic E-state index is 0.0176. The number of carbonyl (C=O) groups is 1. The number of nitrogens with two attached hydrogens (primary N) is 1. The standard InChI is InChI=1S/C16H21N3O/c1-19-10-7-15(8-11-19)18-16(20)14-6-2-4-13(12-14)5-3-9-17/h2,4,6,12,15H,7-11,17H2,1H3,(H,18,20). The normalized spacial score (nSPS) is 16.3. The van der Waals surface area contributed by atoms with Gasteiger partial charge in [-0.1, -0.05) is 17.9 Å². The molecule has 2 rings (SSSR count). The summed E-state index contributed by atoms with van der Waals surface area (Å²) in [6.45, 7) is 2.39. The number of nitrogens with zero attached hydrogens (tertiary/aromatic N) is 1. The van der Waals surface area contributed by atoms with Crippen LogP contribution < -0.4 is 11.1 Å². The van der Waals surface area contributed by atoms with E-state index in [0.717, 1.165) is 31.5 Å². The Hall–Kier alpha value is -1.83. The smallest absolute Gasteiger partial charge is 0.251 e. The molecule has 1 fully saturated rings. The molecule has 0 unspecified atom stereocenters. The van der Waals surface area contributed by atoms with Gasteiger partial charge >= 0.3 is 0 Å². The number of amides is 1. The fourth-order valence-electron chi connectivity index (χ4n) is 2.31. The largest absolute Gasteiger partial charge is 0.349 e. The molecule has 20 heavy (non-hydrogen) atoms. The van der Waals surface area contributed by atoms with Crippen LogP contribution in [0.4, 0.5) is 0 Å². The molecule has 0 atom stereocenters. The maximum atomic E-state index is 12.2. The molecule has 0 saturated carbocycles. The van der Waals surface area contributed by atoms with Crippen LogP contribution in [0.3, 0.4) is 0 Å². The summed E-state index contributed by atoms with van der Waals surface area (Å²) in [7, 11) is 2.11. The Bertz CT molecular complexity index is 522. The van der Waals surface area contributed by atoms with Crippen LogP contribution in [0.1, 0.15) is 28.8 Å². The predicted molar refractivity (Wildman–Crippen MR) is 80.4 cm³/mol. The third-order valence-electron chi connectivity index (χ3n) is 3.51. The van der Waals surface area contributed by atoms with Crippen LogP contribution in [-0.4, -0.2) is 43.5 Å². The highest BCUT2D eigenvalue weighted by Gasteiger charge is 2.18. The van der Waals surface area contributed by atoms with Crippen molar-refractivity contribution in [1.82, 2.24) is 10.2 Å². The second-order valence-corrected chi connectivity index (χ2v) is 5.14. The maximum absolute atomic E-state index is 12.2. The summed E-state index contributed by atoms with van der Waals surface area (Å²) in [6, 6.07) is 7.64. The van der Waals surface area contributed by atoms with Gasteiger partial charge < -0.3 is 16.0 Å². The van der Waals surface area contributed by atoms with Crippen molar-refractivity contribution in [3.8, 4) is 11.8 Å². The summed E-state index contributed by atoms with van der Waals surface area (Å²) in [5.41, 5.74) is 6.84. The summed E-state index contributed by atoms with van der Waals surface area (Å²) >= 11 is 0. The first kappa shape index (κ1) is 14.6. The average molecular weight is 271 g/mol. The topological polar surface area (TPSA) is 58.4 Å². The van der Waals surface area contributed by atoms with Crippen molar-refractivity contribution in [1.29, 1.82) is 0 Å². The Kier molecular flexibility index (Phi) is 5.16. The molecular formula is C16H21N3O. The van der Waals surface area contributed by atoms with Gasteiger partial charge in [-0.15, -0.1) is 0 Å². The molecule has 1 aromatic rings. The highest BCUT2D eigenvalue weighted by atomic mass is 16.1. The number of hydrogen-bond acceptors (Lipinski definition) is 3. The van der Waals surface area contributed by atoms with E-state index in [0.29, 0.717) is 12.1 Å². The summed E-state index contributed by atoms with van der Waals surface area (Å²) in [6.07, 6.45) is 2.02. The van der Waals surface area contributed by atoms with Gasteiger partial charge in [0.15, 0.2) is 0 Å². The van der Waals surface area contributed by atoms with E-state index in [1.54, 1.807) is 0 Å². The molecule has 0 radical (unpaired) electrons. The van der Waals surface area contributed by atoms with Crippen LogP contribution >= 0.6 is 0 Å². The first-order chi connectivity index (χ1) is 9.69. The Morgan fingerprint density at radius 2 is 2.20 bits per heavy atom. The Morgan fingerprint density at radius 1 is 1.45 bits per heavy atom. The van der Waals surface area contributed by atoms with Crippen molar-refractivity contribution in [3.63, 3.8) is 0 Å². The molecule has 3 N–H and O–H groups in total. The monoisotopic (exact) mass is 271 g/mol. The van der Waals surface area contributed by atoms with Crippen molar-refractivity contribution < 1.29 is 4.79 Å². The summed E-state index contributed by atoms with van der Waals surface area (Å²) in [4.78, 5) is 14.5. The fraction of sp³-hybridized carbons (Fsp3) is 0.438. The minimum atomic E-state index is -0.0176. The highest BCUT2D eigenvalue weighted by molar-refractivity contribution is 5.94. The maximum Gasteiger partial charge on any atom is 0.251 e. The lowest BCUT2D eigenvalue weighted by molar-refractivity contribution is 0.0917. The molecule has 1 aliphatic rings. The molecule has 1 amide bonds. The van der Waals surface area contributed by atoms with Gasteiger partial charge in [0.2, 0.25) is 0 Å². The fourth-order valence-corrected chi connectivity index (χ4v) is 2.31. The van der Waals surface area contributed by atoms with Crippen molar-refractivity contribution in [2.75, 3.05) is 26.7 Å². The van der Waals surface area contributed by atoms with Crippen LogP contribution in [0.5, 0.6) is 0 Å². The van der Waals surface area contributed by atoms with Crippen molar-refractivity contribution in [2.24, 2.45) is 5.73 Å². The summed E-state index contributed by atoms with van der Waals surface area (Å²) in [5, 5.41) is 3.10. The number of likely N-dealkylation sites (tertiary alicyclic amines) is 1. The lowest BCUT2D eigenvalue weighted by Crippen LogP contribution is -2.43. The first-order valence-corrected chi connectivity index (χ1v) is 6.97. The molecular weight excluding hydrogens is 250 g/mol. The van der Waals surface area contributed by atoms with E-state index in [9.17, 15) is 4.79 Å². The van der Waals surface area contributed by atoms with Crippen LogP contribution in [0.15, 0.2) is 24.3 Å². The van der Waals surface area contributed by atoms with Gasteiger partial charge in [0.25, 0.3) is 5.91 Å².